The quantitative estimate of drug-likeness (QED) is 0.479. The maximum Gasteiger partial charge on any atom is 2.00 e. The minimum absolute atomic E-state index is 0. The molecule has 0 saturated carbocycles. The van der Waals surface area contributed by atoms with Gasteiger partial charge in [0.25, 0.3) is 0 Å². The minimum Gasteiger partial charge on any atom is -0.392 e. The Morgan fingerprint density at radius 2 is 1.65 bits per heavy atom. The van der Waals surface area contributed by atoms with Crippen molar-refractivity contribution in [2.45, 2.75) is 80.8 Å². The third-order valence-corrected chi connectivity index (χ3v) is 4.82. The van der Waals surface area contributed by atoms with Crippen molar-refractivity contribution in [3.8, 4) is 0 Å². The third-order valence-electron chi connectivity index (χ3n) is 4.82. The number of aliphatic hydroxyl groups excluding tert-OH is 1. The maximum atomic E-state index is 12.8. The van der Waals surface area contributed by atoms with E-state index < -0.39 is 11.5 Å². The Morgan fingerprint density at radius 1 is 1.15 bits per heavy atom. The van der Waals surface area contributed by atoms with Crippen LogP contribution in [0.1, 0.15) is 74.7 Å². The Hall–Kier alpha value is -0.594. The summed E-state index contributed by atoms with van der Waals surface area (Å²) in [5, 5.41) is 14.7. The van der Waals surface area contributed by atoms with Crippen LogP contribution in [0.25, 0.3) is 0 Å². The van der Waals surface area contributed by atoms with Crippen LogP contribution < -0.4 is 10.6 Å². The van der Waals surface area contributed by atoms with Gasteiger partial charge in [0.15, 0.2) is 0 Å². The average molecular weight is 415 g/mol. The molecule has 26 heavy (non-hydrogen) atoms. The molecule has 2 unspecified atom stereocenters. The van der Waals surface area contributed by atoms with E-state index in [0.29, 0.717) is 6.54 Å². The van der Waals surface area contributed by atoms with Crippen LogP contribution in [-0.2, 0) is 26.4 Å². The van der Waals surface area contributed by atoms with Crippen LogP contribution in [0.2, 0.25) is 0 Å². The molecule has 0 aromatic heterocycles. The van der Waals surface area contributed by atoms with E-state index >= 15 is 0 Å². The zero-order chi connectivity index (χ0) is 20.3. The van der Waals surface area contributed by atoms with Gasteiger partial charge in [0.1, 0.15) is 0 Å². The molecule has 2 atom stereocenters. The van der Waals surface area contributed by atoms with Crippen LogP contribution in [0.5, 0.6) is 0 Å². The van der Waals surface area contributed by atoms with Gasteiger partial charge in [-0.15, -0.1) is 0 Å². The fourth-order valence-corrected chi connectivity index (χ4v) is 2.56. The van der Waals surface area contributed by atoms with Gasteiger partial charge in [-0.1, -0.05) is 34.1 Å². The predicted molar refractivity (Wildman–Crippen MR) is 105 cm³/mol. The summed E-state index contributed by atoms with van der Waals surface area (Å²) >= 11 is 0. The first-order valence-electron chi connectivity index (χ1n) is 9.19. The summed E-state index contributed by atoms with van der Waals surface area (Å²) in [4.78, 5) is 24.4. The molecule has 0 aliphatic carbocycles. The fourth-order valence-electron chi connectivity index (χ4n) is 2.56. The molecule has 0 bridgehead atoms. The Morgan fingerprint density at radius 3 is 2.04 bits per heavy atom. The second-order valence-electron chi connectivity index (χ2n) is 7.61. The summed E-state index contributed by atoms with van der Waals surface area (Å²) in [5.74, 6) is 1.05. The second-order valence-corrected chi connectivity index (χ2v) is 7.61. The van der Waals surface area contributed by atoms with Crippen molar-refractivity contribution in [3.63, 3.8) is 0 Å². The summed E-state index contributed by atoms with van der Waals surface area (Å²) in [5.41, 5.74) is -0.639. The topological polar surface area (TPSA) is 78.4 Å². The number of rotatable bonds is 10. The van der Waals surface area contributed by atoms with Gasteiger partial charge < -0.3 is 28.6 Å². The minimum atomic E-state index is -0.565. The van der Waals surface area contributed by atoms with E-state index in [0.717, 1.165) is 12.8 Å². The largest absolute Gasteiger partial charge is 2.00 e. The van der Waals surface area contributed by atoms with Gasteiger partial charge in [0.2, 0.25) is 11.8 Å². The van der Waals surface area contributed by atoms with E-state index in [4.69, 9.17) is 5.11 Å². The molecule has 0 aromatic carbocycles. The molecule has 5 nitrogen and oxygen atoms in total. The molecule has 2 amide bonds. The van der Waals surface area contributed by atoms with Gasteiger partial charge in [0, 0.05) is 24.9 Å². The van der Waals surface area contributed by atoms with Gasteiger partial charge in [-0.2, -0.15) is 27.2 Å². The molecule has 0 heterocycles. The standard InChI is InChI=1S/C18H35N2O3.C2H5.Co/c1-8-17(5,6)18(7,11-13(2)3)16(23)19-10-9-15(22)20-12-14(4)21;1-2;/h14,21H,8-12H2,1-7H3,(H,19,23)(H,20,22);1H2,2H3;/q2*-1;+2. The number of hydrogen-bond acceptors (Lipinski definition) is 3. The zero-order valence-electron chi connectivity index (χ0n) is 17.9. The van der Waals surface area contributed by atoms with Crippen LogP contribution in [0.3, 0.4) is 0 Å². The Bertz CT molecular complexity index is 399. The van der Waals surface area contributed by atoms with Crippen molar-refractivity contribution >= 4 is 11.8 Å². The molecule has 3 N–H and O–H groups in total. The molecule has 0 aromatic rings. The van der Waals surface area contributed by atoms with Crippen molar-refractivity contribution in [1.82, 2.24) is 10.6 Å². The summed E-state index contributed by atoms with van der Waals surface area (Å²) < 4.78 is 0. The monoisotopic (exact) mass is 415 g/mol. The summed E-state index contributed by atoms with van der Waals surface area (Å²) in [7, 11) is 0. The molecular formula is C20H40CoN2O3. The van der Waals surface area contributed by atoms with Crippen molar-refractivity contribution in [3.05, 3.63) is 12.8 Å². The van der Waals surface area contributed by atoms with Crippen LogP contribution in [0.15, 0.2) is 0 Å². The molecule has 0 fully saturated rings. The molecule has 0 rings (SSSR count). The molecule has 0 saturated heterocycles. The van der Waals surface area contributed by atoms with Crippen LogP contribution >= 0.6 is 0 Å². The first-order valence-corrected chi connectivity index (χ1v) is 9.19. The second kappa shape index (κ2) is 14.5. The molecule has 0 spiro atoms. The predicted octanol–water partition coefficient (Wildman–Crippen LogP) is 3.27. The third kappa shape index (κ3) is 10.5. The number of carbonyl (C=O) groups excluding carboxylic acids is 2. The van der Waals surface area contributed by atoms with Gasteiger partial charge in [-0.05, 0) is 12.3 Å². The molecule has 6 heteroatoms. The summed E-state index contributed by atoms with van der Waals surface area (Å²) in [6.45, 7) is 19.6. The smallest absolute Gasteiger partial charge is 0.392 e. The SMILES string of the molecule is CCC(C)(C)C(C)(C[C-](C)C)C(=O)NCCC(=O)NCC(C)O.[CH2-]C.[Co+2]. The van der Waals surface area contributed by atoms with Crippen molar-refractivity contribution in [1.29, 1.82) is 0 Å². The Balaban J connectivity index is -0.00000170. The Kier molecular flexibility index (Phi) is 16.8. The fraction of sp³-hybridized carbons (Fsp3) is 0.800. The van der Waals surface area contributed by atoms with Crippen molar-refractivity contribution in [2.75, 3.05) is 13.1 Å². The van der Waals surface area contributed by atoms with Crippen LogP contribution in [0, 0.1) is 23.7 Å². The zero-order valence-corrected chi connectivity index (χ0v) is 19.0. The summed E-state index contributed by atoms with van der Waals surface area (Å²) in [6, 6.07) is 0. The number of aliphatic hydroxyl groups is 1. The summed E-state index contributed by atoms with van der Waals surface area (Å²) in [6.07, 6.45) is 1.29. The number of carbonyl (C=O) groups is 2. The number of nitrogens with one attached hydrogen (secondary N) is 2. The molecule has 157 valence electrons. The normalized spacial score (nSPS) is 14.3. The molecular weight excluding hydrogens is 375 g/mol. The van der Waals surface area contributed by atoms with E-state index in [1.807, 2.05) is 20.8 Å². The maximum absolute atomic E-state index is 12.8. The van der Waals surface area contributed by atoms with Crippen LogP contribution in [-0.4, -0.2) is 36.1 Å². The molecule has 1 radical (unpaired) electrons. The van der Waals surface area contributed by atoms with E-state index in [9.17, 15) is 9.59 Å². The van der Waals surface area contributed by atoms with E-state index in [-0.39, 0.29) is 47.0 Å². The Labute approximate surface area is 171 Å². The first kappa shape index (κ1) is 30.1. The first-order chi connectivity index (χ1) is 11.5. The average Bonchev–Trinajstić information content (AvgIpc) is 2.53. The molecule has 0 aliphatic heterocycles. The van der Waals surface area contributed by atoms with E-state index in [2.05, 4.69) is 38.3 Å². The van der Waals surface area contributed by atoms with Crippen LogP contribution in [0.4, 0.5) is 0 Å². The van der Waals surface area contributed by atoms with Gasteiger partial charge in [-0.3, -0.25) is 9.59 Å². The van der Waals surface area contributed by atoms with Gasteiger partial charge in [-0.25, -0.2) is 0 Å². The number of amides is 2. The molecule has 0 aliphatic rings. The van der Waals surface area contributed by atoms with Crippen molar-refractivity contribution in [2.24, 2.45) is 10.8 Å². The van der Waals surface area contributed by atoms with E-state index in [1.165, 1.54) is 5.92 Å². The number of hydrogen-bond donors (Lipinski definition) is 3. The van der Waals surface area contributed by atoms with E-state index in [1.54, 1.807) is 13.8 Å². The van der Waals surface area contributed by atoms with Crippen molar-refractivity contribution < 1.29 is 31.5 Å². The van der Waals surface area contributed by atoms with Gasteiger partial charge >= 0.3 is 16.8 Å². The van der Waals surface area contributed by atoms with Gasteiger partial charge in [0.05, 0.1) is 6.10 Å².